The Balaban J connectivity index is 1.45. The maximum absolute atomic E-state index is 13.1. The van der Waals surface area contributed by atoms with E-state index >= 15 is 0 Å². The fourth-order valence-corrected chi connectivity index (χ4v) is 4.33. The van der Waals surface area contributed by atoms with Crippen molar-refractivity contribution in [1.82, 2.24) is 29.5 Å². The fourth-order valence-electron chi connectivity index (χ4n) is 4.33. The molecule has 5 rings (SSSR count). The first kappa shape index (κ1) is 22.6. The molecule has 35 heavy (non-hydrogen) atoms. The van der Waals surface area contributed by atoms with Crippen molar-refractivity contribution < 1.29 is 13.9 Å². The van der Waals surface area contributed by atoms with Crippen molar-refractivity contribution in [2.45, 2.75) is 37.8 Å². The van der Waals surface area contributed by atoms with Gasteiger partial charge in [-0.15, -0.1) is 0 Å². The monoisotopic (exact) mass is 478 g/mol. The van der Waals surface area contributed by atoms with E-state index in [1.807, 2.05) is 0 Å². The highest BCUT2D eigenvalue weighted by molar-refractivity contribution is 6.00. The Bertz CT molecular complexity index is 1390. The topological polar surface area (TPSA) is 141 Å². The van der Waals surface area contributed by atoms with E-state index in [1.165, 1.54) is 23.2 Å². The highest BCUT2D eigenvalue weighted by Crippen LogP contribution is 2.23. The number of hydrogen-bond donors (Lipinski definition) is 3. The Morgan fingerprint density at radius 3 is 2.97 bits per heavy atom. The number of fused-ring (bicyclic) bond motifs is 1. The summed E-state index contributed by atoms with van der Waals surface area (Å²) in [6.07, 6.45) is 9.73. The van der Waals surface area contributed by atoms with Crippen LogP contribution in [0.1, 0.15) is 36.0 Å². The number of oxazole rings is 1. The zero-order valence-corrected chi connectivity index (χ0v) is 19.4. The smallest absolute Gasteiger partial charge is 0.308 e. The summed E-state index contributed by atoms with van der Waals surface area (Å²) in [6.45, 7) is 0. The number of amides is 1. The van der Waals surface area contributed by atoms with Crippen molar-refractivity contribution >= 4 is 28.9 Å². The van der Waals surface area contributed by atoms with Crippen molar-refractivity contribution in [2.75, 3.05) is 24.8 Å². The number of methoxy groups -OCH3 is 1. The van der Waals surface area contributed by atoms with Crippen molar-refractivity contribution in [3.63, 3.8) is 0 Å². The number of pyridine rings is 1. The number of rotatable bonds is 7. The van der Waals surface area contributed by atoms with E-state index in [9.17, 15) is 9.59 Å². The molecule has 0 radical (unpaired) electrons. The molecule has 0 aromatic carbocycles. The van der Waals surface area contributed by atoms with Crippen molar-refractivity contribution in [3.05, 3.63) is 59.0 Å². The predicted octanol–water partition coefficient (Wildman–Crippen LogP) is 2.34. The first-order chi connectivity index (χ1) is 17.1. The number of ether oxygens (including phenoxy) is 1. The van der Waals surface area contributed by atoms with Gasteiger partial charge in [0.25, 0.3) is 11.5 Å². The van der Waals surface area contributed by atoms with E-state index in [0.717, 1.165) is 25.7 Å². The van der Waals surface area contributed by atoms with Gasteiger partial charge in [0.1, 0.15) is 29.1 Å². The van der Waals surface area contributed by atoms with Crippen molar-refractivity contribution in [3.8, 4) is 6.01 Å². The molecule has 12 heteroatoms. The van der Waals surface area contributed by atoms with Gasteiger partial charge in [0.2, 0.25) is 0 Å². The Morgan fingerprint density at radius 1 is 1.31 bits per heavy atom. The lowest BCUT2D eigenvalue weighted by atomic mass is 9.92. The predicted molar refractivity (Wildman–Crippen MR) is 128 cm³/mol. The second-order valence-corrected chi connectivity index (χ2v) is 8.30. The van der Waals surface area contributed by atoms with Crippen LogP contribution < -0.4 is 21.5 Å². The number of anilines is 3. The number of carbonyl (C=O) groups excluding carboxylic acids is 1. The molecule has 0 bridgehead atoms. The van der Waals surface area contributed by atoms with Gasteiger partial charge in [-0.3, -0.25) is 9.59 Å². The van der Waals surface area contributed by atoms with Crippen LogP contribution in [0, 0.1) is 0 Å². The lowest BCUT2D eigenvalue weighted by Crippen LogP contribution is -2.40. The quantitative estimate of drug-likeness (QED) is 0.365. The first-order valence-electron chi connectivity index (χ1n) is 11.4. The van der Waals surface area contributed by atoms with Crippen LogP contribution in [0.5, 0.6) is 0 Å². The van der Waals surface area contributed by atoms with E-state index in [0.29, 0.717) is 22.8 Å². The molecular formula is C23H26N8O4. The van der Waals surface area contributed by atoms with Gasteiger partial charge in [-0.1, -0.05) is 0 Å². The molecule has 0 saturated heterocycles. The molecular weight excluding hydrogens is 452 g/mol. The lowest BCUT2D eigenvalue weighted by molar-refractivity contribution is 0.0563. The average molecular weight is 479 g/mol. The van der Waals surface area contributed by atoms with E-state index in [4.69, 9.17) is 9.15 Å². The number of hydrogen-bond acceptors (Lipinski definition) is 9. The molecule has 3 N–H and O–H groups in total. The van der Waals surface area contributed by atoms with Crippen LogP contribution in [0.25, 0.3) is 11.7 Å². The number of nitrogens with zero attached hydrogens (tertiary/aromatic N) is 5. The summed E-state index contributed by atoms with van der Waals surface area (Å²) < 4.78 is 13.6. The average Bonchev–Trinajstić information content (AvgIpc) is 3.55. The minimum absolute atomic E-state index is 0.0271. The van der Waals surface area contributed by atoms with Crippen LogP contribution in [0.3, 0.4) is 0 Å². The van der Waals surface area contributed by atoms with Gasteiger partial charge in [0, 0.05) is 32.5 Å². The molecule has 1 saturated carbocycles. The Kier molecular flexibility index (Phi) is 6.19. The largest absolute Gasteiger partial charge is 0.432 e. The maximum Gasteiger partial charge on any atom is 0.308 e. The summed E-state index contributed by atoms with van der Waals surface area (Å²) in [6, 6.07) is 5.21. The molecule has 182 valence electrons. The molecule has 12 nitrogen and oxygen atoms in total. The van der Waals surface area contributed by atoms with Crippen LogP contribution in [-0.4, -0.2) is 56.4 Å². The normalized spacial score (nSPS) is 17.9. The van der Waals surface area contributed by atoms with Gasteiger partial charge in [0.15, 0.2) is 5.65 Å². The summed E-state index contributed by atoms with van der Waals surface area (Å²) in [5.41, 5.74) is 0.608. The zero-order valence-electron chi connectivity index (χ0n) is 19.4. The second kappa shape index (κ2) is 9.58. The fraction of sp³-hybridized carbons (Fsp3) is 0.348. The van der Waals surface area contributed by atoms with Crippen LogP contribution in [0.15, 0.2) is 52.3 Å². The van der Waals surface area contributed by atoms with Crippen LogP contribution in [0.2, 0.25) is 0 Å². The minimum atomic E-state index is -0.362. The third kappa shape index (κ3) is 4.47. The molecule has 4 heterocycles. The minimum Gasteiger partial charge on any atom is -0.432 e. The molecule has 4 aromatic rings. The third-order valence-electron chi connectivity index (χ3n) is 6.10. The van der Waals surface area contributed by atoms with Gasteiger partial charge in [-0.25, -0.2) is 14.5 Å². The molecule has 0 spiro atoms. The molecule has 1 fully saturated rings. The summed E-state index contributed by atoms with van der Waals surface area (Å²) in [4.78, 5) is 34.7. The molecule has 1 aliphatic rings. The molecule has 0 unspecified atom stereocenters. The number of nitrogens with one attached hydrogen (secondary N) is 3. The number of carbonyl (C=O) groups is 1. The van der Waals surface area contributed by atoms with Crippen LogP contribution in [0.4, 0.5) is 17.3 Å². The highest BCUT2D eigenvalue weighted by Gasteiger charge is 2.25. The SMILES string of the molecule is CNc1cc(Nc2cccn(-c3ncco3)c2=O)nc2c(C(=O)N[C@H]3CCC[C@H](OC)C3)cnn12. The standard InChI is InChI=1S/C23H26N8O4/c1-24-19-12-18(28-17-7-4-9-30(22(17)33)23-25-8-10-35-23)29-20-16(13-26-31(19)20)21(32)27-14-5-3-6-15(11-14)34-2/h4,7-10,12-15,24H,3,5-6,11H2,1-2H3,(H,27,32)(H,28,29)/t14-,15-/m0/s1. The Labute approximate surface area is 200 Å². The number of aromatic nitrogens is 5. The Morgan fingerprint density at radius 2 is 2.20 bits per heavy atom. The van der Waals surface area contributed by atoms with E-state index in [1.54, 1.807) is 43.1 Å². The summed E-state index contributed by atoms with van der Waals surface area (Å²) in [7, 11) is 3.44. The molecule has 0 aliphatic heterocycles. The molecule has 1 aliphatic carbocycles. The van der Waals surface area contributed by atoms with Crippen LogP contribution >= 0.6 is 0 Å². The molecule has 4 aromatic heterocycles. The van der Waals surface area contributed by atoms with Gasteiger partial charge in [-0.05, 0) is 37.8 Å². The van der Waals surface area contributed by atoms with Crippen molar-refractivity contribution in [1.29, 1.82) is 0 Å². The van der Waals surface area contributed by atoms with Gasteiger partial charge < -0.3 is 25.1 Å². The molecule has 1 amide bonds. The van der Waals surface area contributed by atoms with E-state index in [-0.39, 0.29) is 35.3 Å². The second-order valence-electron chi connectivity index (χ2n) is 8.30. The zero-order chi connectivity index (χ0) is 24.4. The lowest BCUT2D eigenvalue weighted by Gasteiger charge is -2.28. The van der Waals surface area contributed by atoms with E-state index in [2.05, 4.69) is 31.0 Å². The molecule has 2 atom stereocenters. The maximum atomic E-state index is 13.1. The highest BCUT2D eigenvalue weighted by atomic mass is 16.5. The summed E-state index contributed by atoms with van der Waals surface area (Å²) in [5.74, 6) is 0.716. The van der Waals surface area contributed by atoms with E-state index < -0.39 is 0 Å². The Hall–Kier alpha value is -4.19. The van der Waals surface area contributed by atoms with Gasteiger partial charge in [0.05, 0.1) is 18.5 Å². The van der Waals surface area contributed by atoms with Crippen molar-refractivity contribution in [2.24, 2.45) is 0 Å². The van der Waals surface area contributed by atoms with Gasteiger partial charge >= 0.3 is 6.01 Å². The van der Waals surface area contributed by atoms with Crippen LogP contribution in [-0.2, 0) is 4.74 Å². The first-order valence-corrected chi connectivity index (χ1v) is 11.4. The van der Waals surface area contributed by atoms with Gasteiger partial charge in [-0.2, -0.15) is 9.61 Å². The summed E-state index contributed by atoms with van der Waals surface area (Å²) >= 11 is 0. The third-order valence-corrected chi connectivity index (χ3v) is 6.10. The summed E-state index contributed by atoms with van der Waals surface area (Å²) in [5, 5.41) is 13.5.